The second-order valence-electron chi connectivity index (χ2n) is 13.3. The summed E-state index contributed by atoms with van der Waals surface area (Å²) >= 11 is 0. The van der Waals surface area contributed by atoms with Crippen molar-refractivity contribution in [2.75, 3.05) is 66.1 Å². The summed E-state index contributed by atoms with van der Waals surface area (Å²) in [4.78, 5) is 51.9. The van der Waals surface area contributed by atoms with Crippen molar-refractivity contribution in [2.45, 2.75) is 13.3 Å². The van der Waals surface area contributed by atoms with E-state index in [4.69, 9.17) is 53.6 Å². The van der Waals surface area contributed by atoms with E-state index in [2.05, 4.69) is 17.1 Å². The molecule has 0 atom stereocenters. The van der Waals surface area contributed by atoms with Gasteiger partial charge in [0.2, 0.25) is 0 Å². The van der Waals surface area contributed by atoms with E-state index >= 15 is 0 Å². The minimum atomic E-state index is -1.21. The average Bonchev–Trinajstić information content (AvgIpc) is 3.71. The van der Waals surface area contributed by atoms with Crippen LogP contribution in [-0.2, 0) is 49.1 Å². The highest BCUT2D eigenvalue weighted by Crippen LogP contribution is 2.29. The Hall–Kier alpha value is -6.47. The maximum Gasteiger partial charge on any atom is 0.354 e. The van der Waals surface area contributed by atoms with Crippen molar-refractivity contribution in [2.24, 2.45) is 14.1 Å². The zero-order valence-corrected chi connectivity index (χ0v) is 32.8. The molecule has 0 fully saturated rings. The van der Waals surface area contributed by atoms with Crippen molar-refractivity contribution >= 4 is 40.0 Å². The number of nitrogens with zero attached hydrogens (tertiary/aromatic N) is 6. The number of aromatic carboxylic acids is 1. The topological polar surface area (TPSA) is 229 Å². The molecule has 6 rings (SSSR count). The molecule has 0 aliphatic heterocycles. The first-order valence-electron chi connectivity index (χ1n) is 18.6. The maximum atomic E-state index is 12.0. The van der Waals surface area contributed by atoms with Gasteiger partial charge in [-0.25, -0.2) is 34.3 Å². The third-order valence-electron chi connectivity index (χ3n) is 8.89. The molecule has 0 bridgehead atoms. The highest BCUT2D eigenvalue weighted by molar-refractivity contribution is 5.87. The molecule has 310 valence electrons. The third kappa shape index (κ3) is 11.4. The van der Waals surface area contributed by atoms with Gasteiger partial charge >= 0.3 is 17.9 Å². The number of rotatable bonds is 23. The average molecular weight is 813 g/mol. The maximum absolute atomic E-state index is 12.0. The van der Waals surface area contributed by atoms with E-state index < -0.39 is 24.5 Å². The Bertz CT molecular complexity index is 2450. The molecule has 4 heterocycles. The summed E-state index contributed by atoms with van der Waals surface area (Å²) in [5.41, 5.74) is 6.90. The number of carboxylic acid groups (broad SMARTS) is 3. The summed E-state index contributed by atoms with van der Waals surface area (Å²) in [5, 5.41) is 27.0. The van der Waals surface area contributed by atoms with Crippen molar-refractivity contribution in [3.63, 3.8) is 0 Å². The van der Waals surface area contributed by atoms with E-state index in [1.165, 1.54) is 6.07 Å². The van der Waals surface area contributed by atoms with E-state index in [9.17, 15) is 19.5 Å². The predicted molar refractivity (Wildman–Crippen MR) is 212 cm³/mol. The molecule has 0 saturated heterocycles. The van der Waals surface area contributed by atoms with Gasteiger partial charge in [0.15, 0.2) is 17.3 Å². The highest BCUT2D eigenvalue weighted by Gasteiger charge is 2.18. The van der Waals surface area contributed by atoms with Gasteiger partial charge in [0.1, 0.15) is 49.3 Å². The quantitative estimate of drug-likeness (QED) is 0.0771. The van der Waals surface area contributed by atoms with Crippen LogP contribution in [0.3, 0.4) is 0 Å². The van der Waals surface area contributed by atoms with Crippen LogP contribution < -0.4 is 9.47 Å². The van der Waals surface area contributed by atoms with Crippen LogP contribution in [0.5, 0.6) is 11.5 Å². The Labute approximate surface area is 337 Å². The van der Waals surface area contributed by atoms with Crippen LogP contribution in [0.15, 0.2) is 60.7 Å². The van der Waals surface area contributed by atoms with Gasteiger partial charge in [-0.1, -0.05) is 12.1 Å². The zero-order chi connectivity index (χ0) is 41.9. The number of carboxylic acids is 3. The number of hydrogen-bond donors (Lipinski definition) is 3. The molecule has 59 heavy (non-hydrogen) atoms. The lowest BCUT2D eigenvalue weighted by atomic mass is 10.0. The number of benzene rings is 2. The van der Waals surface area contributed by atoms with E-state index in [1.54, 1.807) is 6.07 Å². The van der Waals surface area contributed by atoms with Gasteiger partial charge in [-0.05, 0) is 48.7 Å². The minimum absolute atomic E-state index is 0.118. The summed E-state index contributed by atoms with van der Waals surface area (Å²) in [6.07, 6.45) is 0.608. The fraction of sp³-hybridized carbons (Fsp3) is 0.341. The Morgan fingerprint density at radius 2 is 1.02 bits per heavy atom. The first-order valence-corrected chi connectivity index (χ1v) is 18.6. The zero-order valence-electron chi connectivity index (χ0n) is 32.8. The van der Waals surface area contributed by atoms with Crippen molar-refractivity contribution in [3.05, 3.63) is 83.2 Å². The molecule has 0 radical (unpaired) electrons. The van der Waals surface area contributed by atoms with Gasteiger partial charge in [-0.3, -0.25) is 0 Å². The SMILES string of the molecule is Cc1cc(OCCOCCOCC(=O)O)cc(-c2nc3cc(Cc4ccc5c(c4)nc(-c4cc(OCCOCCOCC(=O)O)cc(C(=O)O)n4)n5C)ccc3n2C)n1. The molecule has 0 amide bonds. The van der Waals surface area contributed by atoms with E-state index in [-0.39, 0.29) is 57.7 Å². The number of carbonyl (C=O) groups is 3. The third-order valence-corrected chi connectivity index (χ3v) is 8.89. The molecule has 0 aliphatic carbocycles. The van der Waals surface area contributed by atoms with E-state index in [1.807, 2.05) is 66.6 Å². The molecule has 0 saturated carbocycles. The summed E-state index contributed by atoms with van der Waals surface area (Å²) in [6.45, 7) is 2.75. The molecule has 6 aromatic rings. The number of aromatic nitrogens is 6. The molecule has 2 aromatic carbocycles. The number of fused-ring (bicyclic) bond motifs is 2. The first kappa shape index (κ1) is 42.1. The second-order valence-corrected chi connectivity index (χ2v) is 13.3. The van der Waals surface area contributed by atoms with Crippen LogP contribution in [-0.4, -0.2) is 128 Å². The molecule has 3 N–H and O–H groups in total. The summed E-state index contributed by atoms with van der Waals surface area (Å²) in [7, 11) is 3.78. The standard InChI is InChI=1S/C41H44N6O12/c1-25-16-28(58-14-12-54-8-10-56-23-37(48)49)20-32(42-25)39-44-30-18-26(4-6-35(30)46(39)2)17-27-5-7-36-31(19-27)45-40(47(36)3)33-21-29(22-34(43-33)41(52)53)59-15-13-55-9-11-57-24-38(50)51/h4-7,16,18-22H,8-15,17,23-24H2,1-3H3,(H,48,49)(H,50,51)(H,52,53). The summed E-state index contributed by atoms with van der Waals surface area (Å²) < 4.78 is 36.3. The Balaban J connectivity index is 1.12. The fourth-order valence-electron chi connectivity index (χ4n) is 6.25. The van der Waals surface area contributed by atoms with Gasteiger partial charge in [-0.2, -0.15) is 0 Å². The van der Waals surface area contributed by atoms with Crippen LogP contribution in [0.2, 0.25) is 0 Å². The van der Waals surface area contributed by atoms with Crippen molar-refractivity contribution in [1.82, 2.24) is 29.1 Å². The number of aryl methyl sites for hydroxylation is 3. The number of pyridine rings is 2. The number of imidazole rings is 2. The minimum Gasteiger partial charge on any atom is -0.491 e. The molecule has 0 unspecified atom stereocenters. The normalized spacial score (nSPS) is 11.4. The van der Waals surface area contributed by atoms with Crippen molar-refractivity contribution in [1.29, 1.82) is 0 Å². The lowest BCUT2D eigenvalue weighted by molar-refractivity contribution is -0.143. The Morgan fingerprint density at radius 3 is 1.51 bits per heavy atom. The fourth-order valence-corrected chi connectivity index (χ4v) is 6.25. The first-order chi connectivity index (χ1) is 28.4. The molecular weight excluding hydrogens is 768 g/mol. The largest absolute Gasteiger partial charge is 0.491 e. The number of hydrogen-bond acceptors (Lipinski definition) is 13. The molecule has 18 nitrogen and oxygen atoms in total. The predicted octanol–water partition coefficient (Wildman–Crippen LogP) is 4.17. The van der Waals surface area contributed by atoms with Crippen LogP contribution in [0.4, 0.5) is 0 Å². The smallest absolute Gasteiger partial charge is 0.354 e. The van der Waals surface area contributed by atoms with Gasteiger partial charge in [0.25, 0.3) is 0 Å². The summed E-state index contributed by atoms with van der Waals surface area (Å²) in [5.74, 6) is -1.25. The monoisotopic (exact) mass is 812 g/mol. The van der Waals surface area contributed by atoms with Crippen LogP contribution in [0, 0.1) is 6.92 Å². The molecule has 0 aliphatic rings. The van der Waals surface area contributed by atoms with Crippen molar-refractivity contribution in [3.8, 4) is 34.5 Å². The number of ether oxygens (including phenoxy) is 6. The molecule has 18 heteroatoms. The van der Waals surface area contributed by atoms with E-state index in [0.717, 1.165) is 33.4 Å². The number of aliphatic carboxylic acids is 2. The summed E-state index contributed by atoms with van der Waals surface area (Å²) in [6, 6.07) is 18.8. The van der Waals surface area contributed by atoms with Crippen molar-refractivity contribution < 1.29 is 58.1 Å². The van der Waals surface area contributed by atoms with Crippen LogP contribution in [0.1, 0.15) is 27.3 Å². The highest BCUT2D eigenvalue weighted by atomic mass is 16.6. The van der Waals surface area contributed by atoms with E-state index in [0.29, 0.717) is 53.9 Å². The molecule has 4 aromatic heterocycles. The van der Waals surface area contributed by atoms with Gasteiger partial charge in [0.05, 0.1) is 61.7 Å². The molecular formula is C41H44N6O12. The lowest BCUT2D eigenvalue weighted by Gasteiger charge is -2.10. The van der Waals surface area contributed by atoms with Gasteiger partial charge < -0.3 is 52.9 Å². The van der Waals surface area contributed by atoms with Crippen LogP contribution in [0.25, 0.3) is 45.1 Å². The lowest BCUT2D eigenvalue weighted by Crippen LogP contribution is -2.14. The van der Waals surface area contributed by atoms with Gasteiger partial charge in [-0.15, -0.1) is 0 Å². The Morgan fingerprint density at radius 1 is 0.559 bits per heavy atom. The van der Waals surface area contributed by atoms with Crippen LogP contribution >= 0.6 is 0 Å². The second kappa shape index (κ2) is 19.8. The molecule has 0 spiro atoms. The van der Waals surface area contributed by atoms with Gasteiger partial charge in [0, 0.05) is 44.1 Å². The Kier molecular flexibility index (Phi) is 14.1.